The van der Waals surface area contributed by atoms with Gasteiger partial charge in [0.1, 0.15) is 5.82 Å². The molecule has 2 heterocycles. The predicted molar refractivity (Wildman–Crippen MR) is 130 cm³/mol. The van der Waals surface area contributed by atoms with Crippen LogP contribution in [0.2, 0.25) is 0 Å². The number of halogens is 1. The molecule has 1 amide bonds. The quantitative estimate of drug-likeness (QED) is 0.546. The summed E-state index contributed by atoms with van der Waals surface area (Å²) >= 11 is 0. The van der Waals surface area contributed by atoms with Crippen molar-refractivity contribution in [3.05, 3.63) is 59.5 Å². The molecule has 3 N–H and O–H groups in total. The summed E-state index contributed by atoms with van der Waals surface area (Å²) in [5, 5.41) is 9.72. The number of hydrogen-bond donors (Lipinski definition) is 3. The van der Waals surface area contributed by atoms with E-state index in [1.54, 1.807) is 12.3 Å². The molecule has 0 radical (unpaired) electrons. The minimum Gasteiger partial charge on any atom is -0.382 e. The number of nitrogens with one attached hydrogen (secondary N) is 3. The number of hydrogen-bond acceptors (Lipinski definition) is 4. The second-order valence-corrected chi connectivity index (χ2v) is 10.3. The van der Waals surface area contributed by atoms with Crippen LogP contribution in [-0.4, -0.2) is 35.0 Å². The third-order valence-electron chi connectivity index (χ3n) is 7.04. The van der Waals surface area contributed by atoms with Crippen molar-refractivity contribution >= 4 is 28.5 Å². The maximum atomic E-state index is 13.6. The molecule has 4 rings (SSSR count). The van der Waals surface area contributed by atoms with E-state index in [0.29, 0.717) is 22.9 Å². The zero-order chi connectivity index (χ0) is 23.3. The monoisotopic (exact) mass is 436 g/mol. The lowest BCUT2D eigenvalue weighted by molar-refractivity contribution is -0.110. The molecule has 2 aliphatic heterocycles. The second-order valence-electron chi connectivity index (χ2n) is 10.3. The molecule has 2 aromatic carbocycles. The van der Waals surface area contributed by atoms with Gasteiger partial charge in [-0.15, -0.1) is 0 Å². The SMILES string of the molecule is Cc1cc(N/C=C2\C(=O)Nc3ccc(F)cc32)ccc1NC1CC(C)(C)N(C)C(C)(C)C1. The van der Waals surface area contributed by atoms with E-state index in [4.69, 9.17) is 0 Å². The predicted octanol–water partition coefficient (Wildman–Crippen LogP) is 5.60. The van der Waals surface area contributed by atoms with Gasteiger partial charge in [-0.25, -0.2) is 4.39 Å². The number of amides is 1. The summed E-state index contributed by atoms with van der Waals surface area (Å²) in [6.45, 7) is 11.3. The lowest BCUT2D eigenvalue weighted by atomic mass is 9.77. The van der Waals surface area contributed by atoms with Crippen LogP contribution in [0, 0.1) is 12.7 Å². The highest BCUT2D eigenvalue weighted by Gasteiger charge is 2.43. The molecule has 1 saturated heterocycles. The Balaban J connectivity index is 1.48. The number of anilines is 3. The zero-order valence-corrected chi connectivity index (χ0v) is 19.8. The Morgan fingerprint density at radius 3 is 2.44 bits per heavy atom. The number of aryl methyl sites for hydroxylation is 1. The normalized spacial score (nSPS) is 21.3. The van der Waals surface area contributed by atoms with Gasteiger partial charge >= 0.3 is 0 Å². The Labute approximate surface area is 190 Å². The number of benzene rings is 2. The van der Waals surface area contributed by atoms with Gasteiger partial charge in [0, 0.05) is 45.9 Å². The summed E-state index contributed by atoms with van der Waals surface area (Å²) in [7, 11) is 2.22. The van der Waals surface area contributed by atoms with Crippen LogP contribution in [0.25, 0.3) is 5.57 Å². The Bertz CT molecular complexity index is 1070. The highest BCUT2D eigenvalue weighted by Crippen LogP contribution is 2.38. The average Bonchev–Trinajstić information content (AvgIpc) is 3.00. The van der Waals surface area contributed by atoms with Crippen LogP contribution in [0.15, 0.2) is 42.6 Å². The fraction of sp³-hybridized carbons (Fsp3) is 0.423. The van der Waals surface area contributed by atoms with Crippen molar-refractivity contribution < 1.29 is 9.18 Å². The number of carbonyl (C=O) groups is 1. The molecule has 5 nitrogen and oxygen atoms in total. The Morgan fingerprint density at radius 2 is 1.78 bits per heavy atom. The summed E-state index contributed by atoms with van der Waals surface area (Å²) in [5.41, 5.74) is 5.00. The average molecular weight is 437 g/mol. The van der Waals surface area contributed by atoms with Gasteiger partial charge in [0.25, 0.3) is 5.91 Å². The third kappa shape index (κ3) is 4.24. The zero-order valence-electron chi connectivity index (χ0n) is 19.8. The highest BCUT2D eigenvalue weighted by atomic mass is 19.1. The maximum Gasteiger partial charge on any atom is 0.257 e. The van der Waals surface area contributed by atoms with Gasteiger partial charge in [-0.1, -0.05) is 0 Å². The van der Waals surface area contributed by atoms with Crippen molar-refractivity contribution in [2.24, 2.45) is 0 Å². The molecule has 0 saturated carbocycles. The van der Waals surface area contributed by atoms with Gasteiger partial charge in [0.2, 0.25) is 0 Å². The first-order valence-corrected chi connectivity index (χ1v) is 11.2. The number of piperidine rings is 1. The molecule has 0 aromatic heterocycles. The third-order valence-corrected chi connectivity index (χ3v) is 7.04. The van der Waals surface area contributed by atoms with Crippen LogP contribution in [0.4, 0.5) is 21.5 Å². The molecule has 2 aromatic rings. The number of nitrogens with zero attached hydrogens (tertiary/aromatic N) is 1. The summed E-state index contributed by atoms with van der Waals surface area (Å²) in [6.07, 6.45) is 3.79. The van der Waals surface area contributed by atoms with E-state index in [9.17, 15) is 9.18 Å². The van der Waals surface area contributed by atoms with Crippen molar-refractivity contribution in [3.63, 3.8) is 0 Å². The molecule has 32 heavy (non-hydrogen) atoms. The molecule has 0 aliphatic carbocycles. The van der Waals surface area contributed by atoms with Crippen LogP contribution in [0.3, 0.4) is 0 Å². The standard InChI is InChI=1S/C26H33FN4O/c1-16-11-18(28-15-21-20-12-17(27)7-9-23(20)30-24(21)32)8-10-22(16)29-19-13-25(2,3)31(6)26(4,5)14-19/h7-12,15,19,28-29H,13-14H2,1-6H3,(H,30,32)/b21-15-. The number of rotatable bonds is 4. The van der Waals surface area contributed by atoms with E-state index >= 15 is 0 Å². The summed E-state index contributed by atoms with van der Waals surface area (Å²) in [6, 6.07) is 10.8. The highest BCUT2D eigenvalue weighted by molar-refractivity contribution is 6.31. The molecule has 170 valence electrons. The van der Waals surface area contributed by atoms with Crippen LogP contribution in [0.1, 0.15) is 51.7 Å². The first kappa shape index (κ1) is 22.3. The van der Waals surface area contributed by atoms with Gasteiger partial charge in [-0.05, 0) is 96.5 Å². The van der Waals surface area contributed by atoms with E-state index < -0.39 is 0 Å². The number of carbonyl (C=O) groups excluding carboxylic acids is 1. The lowest BCUT2D eigenvalue weighted by Crippen LogP contribution is -2.61. The molecule has 6 heteroatoms. The first-order chi connectivity index (χ1) is 15.0. The Kier molecular flexibility index (Phi) is 5.53. The van der Waals surface area contributed by atoms with Crippen molar-refractivity contribution in [1.82, 2.24) is 4.90 Å². The van der Waals surface area contributed by atoms with Crippen molar-refractivity contribution in [2.45, 2.75) is 64.6 Å². The molecular weight excluding hydrogens is 403 g/mol. The van der Waals surface area contributed by atoms with E-state index in [0.717, 1.165) is 29.8 Å². The topological polar surface area (TPSA) is 56.4 Å². The van der Waals surface area contributed by atoms with Crippen LogP contribution >= 0.6 is 0 Å². The summed E-state index contributed by atoms with van der Waals surface area (Å²) < 4.78 is 13.6. The smallest absolute Gasteiger partial charge is 0.257 e. The Hall–Kier alpha value is -2.86. The van der Waals surface area contributed by atoms with E-state index in [1.165, 1.54) is 12.1 Å². The summed E-state index contributed by atoms with van der Waals surface area (Å²) in [5.74, 6) is -0.599. The van der Waals surface area contributed by atoms with Gasteiger partial charge in [-0.3, -0.25) is 9.69 Å². The van der Waals surface area contributed by atoms with E-state index in [1.807, 2.05) is 6.07 Å². The van der Waals surface area contributed by atoms with Gasteiger partial charge in [-0.2, -0.15) is 0 Å². The minimum atomic E-state index is -0.363. The molecule has 2 aliphatic rings. The lowest BCUT2D eigenvalue weighted by Gasteiger charge is -2.54. The molecule has 1 fully saturated rings. The second kappa shape index (κ2) is 7.93. The van der Waals surface area contributed by atoms with Crippen molar-refractivity contribution in [2.75, 3.05) is 23.0 Å². The molecule has 0 unspecified atom stereocenters. The van der Waals surface area contributed by atoms with Crippen LogP contribution < -0.4 is 16.0 Å². The van der Waals surface area contributed by atoms with Crippen LogP contribution in [-0.2, 0) is 4.79 Å². The first-order valence-electron chi connectivity index (χ1n) is 11.2. The van der Waals surface area contributed by atoms with Crippen molar-refractivity contribution in [1.29, 1.82) is 0 Å². The molecule has 0 spiro atoms. The molecular formula is C26H33FN4O. The molecule has 0 bridgehead atoms. The Morgan fingerprint density at radius 1 is 1.09 bits per heavy atom. The minimum absolute atomic E-state index is 0.124. The fourth-order valence-corrected chi connectivity index (χ4v) is 5.07. The number of likely N-dealkylation sites (tertiary alicyclic amines) is 1. The largest absolute Gasteiger partial charge is 0.382 e. The molecule has 0 atom stereocenters. The fourth-order valence-electron chi connectivity index (χ4n) is 5.07. The van der Waals surface area contributed by atoms with Gasteiger partial charge in [0.05, 0.1) is 5.57 Å². The van der Waals surface area contributed by atoms with E-state index in [2.05, 4.69) is 74.6 Å². The van der Waals surface area contributed by atoms with E-state index in [-0.39, 0.29) is 22.8 Å². The summed E-state index contributed by atoms with van der Waals surface area (Å²) in [4.78, 5) is 14.8. The maximum absolute atomic E-state index is 13.6. The van der Waals surface area contributed by atoms with Gasteiger partial charge in [0.15, 0.2) is 0 Å². The number of fused-ring (bicyclic) bond motifs is 1. The van der Waals surface area contributed by atoms with Gasteiger partial charge < -0.3 is 16.0 Å². The van der Waals surface area contributed by atoms with Crippen molar-refractivity contribution in [3.8, 4) is 0 Å². The van der Waals surface area contributed by atoms with Crippen LogP contribution in [0.5, 0.6) is 0 Å².